The fourth-order valence-electron chi connectivity index (χ4n) is 1.60. The van der Waals surface area contributed by atoms with E-state index >= 15 is 0 Å². The molecule has 0 heterocycles. The summed E-state index contributed by atoms with van der Waals surface area (Å²) in [6.07, 6.45) is 0.491. The van der Waals surface area contributed by atoms with Gasteiger partial charge in [-0.1, -0.05) is 12.1 Å². The molecule has 0 aliphatic heterocycles. The van der Waals surface area contributed by atoms with Crippen LogP contribution in [-0.2, 0) is 6.54 Å². The molecule has 0 atom stereocenters. The van der Waals surface area contributed by atoms with E-state index in [1.54, 1.807) is 6.07 Å². The van der Waals surface area contributed by atoms with Gasteiger partial charge in [0.15, 0.2) is 0 Å². The molecule has 0 amide bonds. The fraction of sp³-hybridized carbons (Fsp3) is 0.462. The van der Waals surface area contributed by atoms with Gasteiger partial charge in [0.25, 0.3) is 0 Å². The third-order valence-corrected chi connectivity index (χ3v) is 3.53. The Hall–Kier alpha value is -0.920. The summed E-state index contributed by atoms with van der Waals surface area (Å²) in [5, 5.41) is 8.62. The molecule has 0 saturated heterocycles. The summed E-state index contributed by atoms with van der Waals surface area (Å²) in [4.78, 5) is 2.16. The van der Waals surface area contributed by atoms with Crippen molar-refractivity contribution in [3.05, 3.63) is 34.1 Å². The van der Waals surface area contributed by atoms with Crippen molar-refractivity contribution in [3.8, 4) is 6.07 Å². The highest BCUT2D eigenvalue weighted by Crippen LogP contribution is 2.22. The molecule has 1 aromatic rings. The van der Waals surface area contributed by atoms with E-state index in [0.717, 1.165) is 5.56 Å². The highest BCUT2D eigenvalue weighted by molar-refractivity contribution is 9.10. The van der Waals surface area contributed by atoms with Crippen molar-refractivity contribution in [1.29, 1.82) is 5.26 Å². The summed E-state index contributed by atoms with van der Waals surface area (Å²) < 4.78 is 13.9. The number of nitrogens with zero attached hydrogens (tertiary/aromatic N) is 2. The van der Waals surface area contributed by atoms with Gasteiger partial charge in [0.2, 0.25) is 0 Å². The van der Waals surface area contributed by atoms with Crippen LogP contribution in [0.5, 0.6) is 0 Å². The second-order valence-electron chi connectivity index (χ2n) is 4.19. The molecule has 4 heteroatoms. The Morgan fingerprint density at radius 2 is 2.18 bits per heavy atom. The molecular weight excluding hydrogens is 283 g/mol. The third kappa shape index (κ3) is 4.10. The molecule has 1 rings (SSSR count). The standard InChI is InChI=1S/C13H16BrFN2/c1-10(2)17(8-4-7-16)9-11-5-3-6-12(15)13(11)14/h3,5-6,10H,4,8-9H2,1-2H3. The van der Waals surface area contributed by atoms with E-state index in [-0.39, 0.29) is 5.82 Å². The van der Waals surface area contributed by atoms with Crippen molar-refractivity contribution < 1.29 is 4.39 Å². The molecule has 0 saturated carbocycles. The fourth-order valence-corrected chi connectivity index (χ4v) is 1.99. The first-order valence-electron chi connectivity index (χ1n) is 5.60. The monoisotopic (exact) mass is 298 g/mol. The summed E-state index contributed by atoms with van der Waals surface area (Å²) in [6.45, 7) is 5.50. The topological polar surface area (TPSA) is 27.0 Å². The quantitative estimate of drug-likeness (QED) is 0.828. The van der Waals surface area contributed by atoms with Gasteiger partial charge < -0.3 is 0 Å². The summed E-state index contributed by atoms with van der Waals surface area (Å²) in [5.41, 5.74) is 0.914. The molecule has 0 aromatic heterocycles. The Kier molecular flexibility index (Phi) is 5.60. The van der Waals surface area contributed by atoms with Crippen LogP contribution in [-0.4, -0.2) is 17.5 Å². The van der Waals surface area contributed by atoms with Crippen LogP contribution in [0.3, 0.4) is 0 Å². The number of hydrogen-bond donors (Lipinski definition) is 0. The molecule has 0 aliphatic carbocycles. The van der Waals surface area contributed by atoms with Gasteiger partial charge in [0.05, 0.1) is 10.5 Å². The van der Waals surface area contributed by atoms with Gasteiger partial charge in [-0.05, 0) is 41.4 Å². The molecule has 0 aliphatic rings. The van der Waals surface area contributed by atoms with Crippen molar-refractivity contribution in [2.45, 2.75) is 32.9 Å². The zero-order valence-electron chi connectivity index (χ0n) is 10.1. The lowest BCUT2D eigenvalue weighted by Gasteiger charge is -2.26. The van der Waals surface area contributed by atoms with Gasteiger partial charge in [0.1, 0.15) is 5.82 Å². The molecule has 17 heavy (non-hydrogen) atoms. The molecule has 2 nitrogen and oxygen atoms in total. The van der Waals surface area contributed by atoms with Gasteiger partial charge in [-0.3, -0.25) is 4.90 Å². The molecule has 0 fully saturated rings. The van der Waals surface area contributed by atoms with E-state index in [9.17, 15) is 4.39 Å². The lowest BCUT2D eigenvalue weighted by atomic mass is 10.1. The zero-order valence-corrected chi connectivity index (χ0v) is 11.7. The predicted molar refractivity (Wildman–Crippen MR) is 69.9 cm³/mol. The zero-order chi connectivity index (χ0) is 12.8. The summed E-state index contributed by atoms with van der Waals surface area (Å²) in [7, 11) is 0. The Bertz CT molecular complexity index is 412. The van der Waals surface area contributed by atoms with Gasteiger partial charge in [-0.2, -0.15) is 5.26 Å². The highest BCUT2D eigenvalue weighted by atomic mass is 79.9. The average molecular weight is 299 g/mol. The maximum absolute atomic E-state index is 13.4. The smallest absolute Gasteiger partial charge is 0.137 e. The molecule has 0 unspecified atom stereocenters. The van der Waals surface area contributed by atoms with Gasteiger partial charge >= 0.3 is 0 Å². The van der Waals surface area contributed by atoms with Gasteiger partial charge in [-0.25, -0.2) is 4.39 Å². The Labute approximate surface area is 110 Å². The minimum atomic E-state index is -0.244. The third-order valence-electron chi connectivity index (χ3n) is 2.65. The van der Waals surface area contributed by atoms with Crippen LogP contribution in [0.25, 0.3) is 0 Å². The second-order valence-corrected chi connectivity index (χ2v) is 4.98. The van der Waals surface area contributed by atoms with Crippen LogP contribution in [0.4, 0.5) is 4.39 Å². The van der Waals surface area contributed by atoms with Crippen LogP contribution >= 0.6 is 15.9 Å². The Balaban J connectivity index is 2.79. The maximum Gasteiger partial charge on any atom is 0.137 e. The lowest BCUT2D eigenvalue weighted by Crippen LogP contribution is -2.31. The van der Waals surface area contributed by atoms with Crippen molar-refractivity contribution in [2.75, 3.05) is 6.54 Å². The molecule has 0 N–H and O–H groups in total. The van der Waals surface area contributed by atoms with Crippen molar-refractivity contribution >= 4 is 15.9 Å². The molecular formula is C13H16BrFN2. The van der Waals surface area contributed by atoms with Crippen molar-refractivity contribution in [1.82, 2.24) is 4.90 Å². The second kappa shape index (κ2) is 6.73. The van der Waals surface area contributed by atoms with E-state index in [1.165, 1.54) is 6.07 Å². The summed E-state index contributed by atoms with van der Waals surface area (Å²) >= 11 is 3.26. The van der Waals surface area contributed by atoms with E-state index in [2.05, 4.69) is 40.7 Å². The first-order valence-corrected chi connectivity index (χ1v) is 6.39. The Morgan fingerprint density at radius 3 is 2.76 bits per heavy atom. The minimum absolute atomic E-state index is 0.244. The van der Waals surface area contributed by atoms with Gasteiger partial charge in [-0.15, -0.1) is 0 Å². The molecule has 0 bridgehead atoms. The van der Waals surface area contributed by atoms with E-state index in [4.69, 9.17) is 5.26 Å². The minimum Gasteiger partial charge on any atom is -0.296 e. The number of halogens is 2. The highest BCUT2D eigenvalue weighted by Gasteiger charge is 2.13. The van der Waals surface area contributed by atoms with E-state index in [1.807, 2.05) is 6.07 Å². The normalized spacial score (nSPS) is 10.9. The van der Waals surface area contributed by atoms with Crippen LogP contribution in [0.1, 0.15) is 25.8 Å². The van der Waals surface area contributed by atoms with Crippen LogP contribution < -0.4 is 0 Å². The van der Waals surface area contributed by atoms with Crippen LogP contribution in [0.15, 0.2) is 22.7 Å². The first-order chi connectivity index (χ1) is 8.06. The van der Waals surface area contributed by atoms with Crippen molar-refractivity contribution in [3.63, 3.8) is 0 Å². The first kappa shape index (κ1) is 14.1. The summed E-state index contributed by atoms with van der Waals surface area (Å²) in [5.74, 6) is -0.244. The van der Waals surface area contributed by atoms with Crippen LogP contribution in [0.2, 0.25) is 0 Å². The summed E-state index contributed by atoms with van der Waals surface area (Å²) in [6, 6.07) is 7.51. The molecule has 0 radical (unpaired) electrons. The van der Waals surface area contributed by atoms with E-state index < -0.39 is 0 Å². The largest absolute Gasteiger partial charge is 0.296 e. The van der Waals surface area contributed by atoms with E-state index in [0.29, 0.717) is 30.0 Å². The number of nitriles is 1. The number of benzene rings is 1. The maximum atomic E-state index is 13.4. The van der Waals surface area contributed by atoms with Gasteiger partial charge in [0, 0.05) is 25.6 Å². The molecule has 0 spiro atoms. The SMILES string of the molecule is CC(C)N(CCC#N)Cc1cccc(F)c1Br. The molecule has 1 aromatic carbocycles. The predicted octanol–water partition coefficient (Wildman–Crippen LogP) is 3.71. The van der Waals surface area contributed by atoms with Crippen LogP contribution in [0, 0.1) is 17.1 Å². The number of rotatable bonds is 5. The average Bonchev–Trinajstić information content (AvgIpc) is 2.29. The lowest BCUT2D eigenvalue weighted by molar-refractivity contribution is 0.217. The van der Waals surface area contributed by atoms with Crippen molar-refractivity contribution in [2.24, 2.45) is 0 Å². The molecule has 92 valence electrons. The number of hydrogen-bond acceptors (Lipinski definition) is 2. The Morgan fingerprint density at radius 1 is 1.47 bits per heavy atom.